The summed E-state index contributed by atoms with van der Waals surface area (Å²) in [4.78, 5) is 35.0. The maximum absolute atomic E-state index is 15.1. The van der Waals surface area contributed by atoms with Crippen LogP contribution in [0.15, 0.2) is 71.8 Å². The molecule has 5 aromatic rings. The van der Waals surface area contributed by atoms with E-state index < -0.39 is 29.6 Å². The number of amides is 1. The van der Waals surface area contributed by atoms with Crippen LogP contribution in [0.2, 0.25) is 0 Å². The zero-order chi connectivity index (χ0) is 30.0. The van der Waals surface area contributed by atoms with Crippen molar-refractivity contribution >= 4 is 22.6 Å². The summed E-state index contributed by atoms with van der Waals surface area (Å²) in [5.41, 5.74) is -0.107. The highest BCUT2D eigenvalue weighted by Crippen LogP contribution is 2.35. The number of hydrogen-bond acceptors (Lipinski definition) is 7. The lowest BCUT2D eigenvalue weighted by Crippen LogP contribution is -2.26. The van der Waals surface area contributed by atoms with E-state index in [0.717, 1.165) is 18.2 Å². The van der Waals surface area contributed by atoms with Gasteiger partial charge in [0.25, 0.3) is 11.8 Å². The molecule has 0 radical (unpaired) electrons. The number of methoxy groups -OCH3 is 2. The van der Waals surface area contributed by atoms with E-state index in [2.05, 4.69) is 15.3 Å². The Hall–Kier alpha value is -5.39. The summed E-state index contributed by atoms with van der Waals surface area (Å²) in [6, 6.07) is 11.7. The van der Waals surface area contributed by atoms with Crippen LogP contribution in [-0.4, -0.2) is 34.7 Å². The van der Waals surface area contributed by atoms with Gasteiger partial charge in [-0.25, -0.2) is 18.2 Å². The normalized spacial score (nSPS) is 10.9. The monoisotopic (exact) mass is 576 g/mol. The summed E-state index contributed by atoms with van der Waals surface area (Å²) >= 11 is 0. The molecule has 0 fully saturated rings. The smallest absolute Gasteiger partial charge is 0.261 e. The van der Waals surface area contributed by atoms with Crippen LogP contribution in [0, 0.1) is 11.6 Å². The number of nitrogens with zero attached hydrogens (tertiary/aromatic N) is 3. The number of fused-ring (bicyclic) bond motifs is 1. The minimum absolute atomic E-state index is 0.0184. The molecule has 0 aliphatic rings. The quantitative estimate of drug-likeness (QED) is 0.249. The summed E-state index contributed by atoms with van der Waals surface area (Å²) in [6.45, 7) is -0.990. The van der Waals surface area contributed by atoms with Crippen molar-refractivity contribution in [3.63, 3.8) is 0 Å². The molecule has 0 unspecified atom stereocenters. The number of aromatic nitrogens is 3. The van der Waals surface area contributed by atoms with Gasteiger partial charge in [-0.1, -0.05) is 12.1 Å². The summed E-state index contributed by atoms with van der Waals surface area (Å²) in [5.74, 6) is -1.61. The average Bonchev–Trinajstić information content (AvgIpc) is 2.99. The van der Waals surface area contributed by atoms with Crippen LogP contribution < -0.4 is 25.0 Å². The molecule has 0 atom stereocenters. The van der Waals surface area contributed by atoms with Gasteiger partial charge in [0.05, 0.1) is 31.0 Å². The van der Waals surface area contributed by atoms with E-state index in [9.17, 15) is 18.4 Å². The van der Waals surface area contributed by atoms with Crippen LogP contribution in [-0.2, 0) is 13.7 Å². The molecule has 1 N–H and O–H groups in total. The SMILES string of the molecule is COc1cc2nccc(Oc3ccc(NC(=O)c4cn(C)c(CF)c(-c5ccc(F)cc5)c4=O)cc3F)c2nc1OC. The van der Waals surface area contributed by atoms with Crippen molar-refractivity contribution < 1.29 is 32.2 Å². The second-order valence-electron chi connectivity index (χ2n) is 9.02. The Morgan fingerprint density at radius 1 is 0.976 bits per heavy atom. The molecular weight excluding hydrogens is 553 g/mol. The number of alkyl halides is 1. The first-order chi connectivity index (χ1) is 20.2. The predicted molar refractivity (Wildman–Crippen MR) is 149 cm³/mol. The molecule has 3 aromatic heterocycles. The summed E-state index contributed by atoms with van der Waals surface area (Å²) in [5, 5.41) is 2.49. The van der Waals surface area contributed by atoms with Crippen LogP contribution >= 0.6 is 0 Å². The van der Waals surface area contributed by atoms with E-state index in [-0.39, 0.29) is 45.5 Å². The van der Waals surface area contributed by atoms with Crippen molar-refractivity contribution in [1.82, 2.24) is 14.5 Å². The van der Waals surface area contributed by atoms with Gasteiger partial charge in [0, 0.05) is 43.3 Å². The number of carbonyl (C=O) groups excluding carboxylic acids is 1. The molecule has 3 heterocycles. The van der Waals surface area contributed by atoms with Gasteiger partial charge in [-0.2, -0.15) is 0 Å². The average molecular weight is 577 g/mol. The molecule has 0 aliphatic heterocycles. The molecule has 9 nitrogen and oxygen atoms in total. The standard InChI is InChI=1S/C30H23F3N4O5/c1-37-15-19(28(38)26(22(37)14-31)16-4-6-17(32)7-5-16)29(39)35-18-8-9-23(20(33)12-18)42-24-10-11-34-21-13-25(40-2)30(41-3)36-27(21)24/h4-13,15H,14H2,1-3H3,(H,35,39). The molecular formula is C30H23F3N4O5. The van der Waals surface area contributed by atoms with Crippen molar-refractivity contribution in [1.29, 1.82) is 0 Å². The number of pyridine rings is 3. The van der Waals surface area contributed by atoms with Crippen molar-refractivity contribution in [2.45, 2.75) is 6.67 Å². The summed E-state index contributed by atoms with van der Waals surface area (Å²) < 4.78 is 60.0. The number of halogens is 3. The Bertz CT molecular complexity index is 1880. The van der Waals surface area contributed by atoms with Gasteiger partial charge in [-0.05, 0) is 29.8 Å². The Morgan fingerprint density at radius 2 is 1.74 bits per heavy atom. The lowest BCUT2D eigenvalue weighted by Gasteiger charge is -2.15. The molecule has 0 saturated carbocycles. The maximum atomic E-state index is 15.1. The highest BCUT2D eigenvalue weighted by atomic mass is 19.1. The Morgan fingerprint density at radius 3 is 2.40 bits per heavy atom. The Kier molecular flexibility index (Phi) is 7.78. The second kappa shape index (κ2) is 11.6. The molecule has 42 heavy (non-hydrogen) atoms. The molecule has 0 spiro atoms. The van der Waals surface area contributed by atoms with Crippen LogP contribution in [0.25, 0.3) is 22.2 Å². The van der Waals surface area contributed by atoms with Crippen LogP contribution in [0.5, 0.6) is 23.1 Å². The third-order valence-electron chi connectivity index (χ3n) is 6.44. The number of hydrogen-bond donors (Lipinski definition) is 1. The first-order valence-electron chi connectivity index (χ1n) is 12.4. The first-order valence-corrected chi connectivity index (χ1v) is 12.4. The van der Waals surface area contributed by atoms with Crippen LogP contribution in [0.4, 0.5) is 18.9 Å². The van der Waals surface area contributed by atoms with Gasteiger partial charge >= 0.3 is 0 Å². The predicted octanol–water partition coefficient (Wildman–Crippen LogP) is 5.81. The molecule has 2 aromatic carbocycles. The van der Waals surface area contributed by atoms with Gasteiger partial charge < -0.3 is 24.1 Å². The number of rotatable bonds is 8. The van der Waals surface area contributed by atoms with Gasteiger partial charge in [-0.3, -0.25) is 14.6 Å². The van der Waals surface area contributed by atoms with E-state index in [1.807, 2.05) is 0 Å². The fourth-order valence-corrected chi connectivity index (χ4v) is 4.37. The van der Waals surface area contributed by atoms with Gasteiger partial charge in [0.15, 0.2) is 23.1 Å². The van der Waals surface area contributed by atoms with Crippen molar-refractivity contribution in [2.75, 3.05) is 19.5 Å². The van der Waals surface area contributed by atoms with Gasteiger partial charge in [0.1, 0.15) is 23.6 Å². The van der Waals surface area contributed by atoms with Gasteiger partial charge in [0.2, 0.25) is 5.43 Å². The Balaban J connectivity index is 1.43. The third-order valence-corrected chi connectivity index (χ3v) is 6.44. The molecule has 0 bridgehead atoms. The largest absolute Gasteiger partial charge is 0.491 e. The lowest BCUT2D eigenvalue weighted by molar-refractivity contribution is 0.102. The number of aryl methyl sites for hydroxylation is 1. The van der Waals surface area contributed by atoms with Crippen molar-refractivity contribution in [2.24, 2.45) is 7.05 Å². The van der Waals surface area contributed by atoms with Crippen molar-refractivity contribution in [3.8, 4) is 34.3 Å². The van der Waals surface area contributed by atoms with E-state index in [1.54, 1.807) is 6.07 Å². The van der Waals surface area contributed by atoms with Gasteiger partial charge in [-0.15, -0.1) is 0 Å². The highest BCUT2D eigenvalue weighted by Gasteiger charge is 2.21. The zero-order valence-corrected chi connectivity index (χ0v) is 22.6. The summed E-state index contributed by atoms with van der Waals surface area (Å²) in [7, 11) is 4.37. The second-order valence-corrected chi connectivity index (χ2v) is 9.02. The molecule has 12 heteroatoms. The molecule has 0 aliphatic carbocycles. The fraction of sp³-hybridized carbons (Fsp3) is 0.133. The molecule has 1 amide bonds. The van der Waals surface area contributed by atoms with Crippen molar-refractivity contribution in [3.05, 3.63) is 100 Å². The van der Waals surface area contributed by atoms with Crippen LogP contribution in [0.1, 0.15) is 16.1 Å². The Labute approximate surface area is 237 Å². The third kappa shape index (κ3) is 5.33. The number of ether oxygens (including phenoxy) is 3. The lowest BCUT2D eigenvalue weighted by atomic mass is 10.0. The topological polar surface area (TPSA) is 105 Å². The van der Waals surface area contributed by atoms with E-state index >= 15 is 4.39 Å². The minimum Gasteiger partial charge on any atom is -0.491 e. The van der Waals surface area contributed by atoms with Crippen LogP contribution in [0.3, 0.4) is 0 Å². The molecule has 0 saturated heterocycles. The number of anilines is 1. The number of carbonyl (C=O) groups is 1. The fourth-order valence-electron chi connectivity index (χ4n) is 4.37. The van der Waals surface area contributed by atoms with E-state index in [4.69, 9.17) is 14.2 Å². The van der Waals surface area contributed by atoms with E-state index in [0.29, 0.717) is 16.8 Å². The first kappa shape index (κ1) is 28.1. The minimum atomic E-state index is -0.990. The maximum Gasteiger partial charge on any atom is 0.261 e. The number of benzene rings is 2. The number of nitrogens with one attached hydrogen (secondary N) is 1. The summed E-state index contributed by atoms with van der Waals surface area (Å²) in [6.07, 6.45) is 2.66. The highest BCUT2D eigenvalue weighted by molar-refractivity contribution is 6.04. The molecule has 214 valence electrons. The molecule has 5 rings (SSSR count). The van der Waals surface area contributed by atoms with E-state index in [1.165, 1.54) is 68.6 Å². The zero-order valence-electron chi connectivity index (χ0n) is 22.6.